The number of nitrogens with zero attached hydrogens (tertiary/aromatic N) is 2. The van der Waals surface area contributed by atoms with E-state index in [1.807, 2.05) is 42.7 Å². The number of ether oxygens (including phenoxy) is 2. The topological polar surface area (TPSA) is 70.5 Å². The van der Waals surface area contributed by atoms with Crippen molar-refractivity contribution < 1.29 is 18.3 Å². The smallest absolute Gasteiger partial charge is 0.134 e. The molecule has 0 amide bonds. The molecule has 0 saturated heterocycles. The van der Waals surface area contributed by atoms with Crippen molar-refractivity contribution in [3.8, 4) is 11.5 Å². The van der Waals surface area contributed by atoms with Gasteiger partial charge in [-0.2, -0.15) is 0 Å². The lowest BCUT2D eigenvalue weighted by atomic mass is 9.86. The molecule has 0 fully saturated rings. The van der Waals surface area contributed by atoms with E-state index in [1.54, 1.807) is 12.5 Å². The van der Waals surface area contributed by atoms with Gasteiger partial charge in [-0.3, -0.25) is 9.97 Å². The maximum Gasteiger partial charge on any atom is 0.134 e. The van der Waals surface area contributed by atoms with E-state index in [4.69, 9.17) is 18.3 Å². The molecule has 0 radical (unpaired) electrons. The van der Waals surface area contributed by atoms with Gasteiger partial charge in [0.05, 0.1) is 36.8 Å². The Bertz CT molecular complexity index is 4750. The fraction of sp³-hybridized carbons (Fsp3) is 0.353. The Morgan fingerprint density at radius 3 is 1.11 bits per heavy atom. The van der Waals surface area contributed by atoms with Crippen molar-refractivity contribution in [3.05, 3.63) is 311 Å². The lowest BCUT2D eigenvalue weighted by Crippen LogP contribution is -2.10. The molecule has 564 valence electrons. The van der Waals surface area contributed by atoms with Gasteiger partial charge < -0.3 is 18.3 Å². The summed E-state index contributed by atoms with van der Waals surface area (Å²) in [6.45, 7) is 55.2. The number of benzene rings is 10. The molecule has 6 heterocycles. The van der Waals surface area contributed by atoms with Crippen molar-refractivity contribution in [2.45, 2.75) is 222 Å². The minimum atomic E-state index is 0.195. The first kappa shape index (κ1) is 82.3. The summed E-state index contributed by atoms with van der Waals surface area (Å²) < 4.78 is 21.6. The molecular weight excluding hydrogens is 1320 g/mol. The van der Waals surface area contributed by atoms with Crippen molar-refractivity contribution >= 4 is 65.3 Å². The zero-order chi connectivity index (χ0) is 78.6. The van der Waals surface area contributed by atoms with E-state index in [0.717, 1.165) is 59.8 Å². The lowest BCUT2D eigenvalue weighted by Gasteiger charge is -2.19. The quantitative estimate of drug-likeness (QED) is 0.151. The summed E-state index contributed by atoms with van der Waals surface area (Å²) in [4.78, 5) is 8.66. The first-order valence-electron chi connectivity index (χ1n) is 38.7. The highest BCUT2D eigenvalue weighted by Crippen LogP contribution is 2.36. The standard InChI is InChI=1S/2C14H16.2C13H15N.C12H16O.C12H14O.C12H16O.C12H14O/c2*1-14(2,3)13-9-8-11-6-4-5-7-12(11)10-13;1-13(2,3)11-6-7-12-10(9-11)5-4-8-14-12;1-13(2,3)11-7-6-10-5-4-8-14-12(10)9-11;2*1-12(2,3)10-4-5-11-9(8-10)6-7-13-11;2*1-12(2,3)10-5-4-9-6-7-13-11(9)8-10/h2*4-10H,1-3H3;2*4-9H,1-3H3;4-5,8H,6-7H2,1-3H3;4-8H,1-3H3;4-5,8H,6-7H2,1-3H3;4-8H,1-3H3. The second kappa shape index (κ2) is 34.2. The summed E-state index contributed by atoms with van der Waals surface area (Å²) >= 11 is 0. The molecular formula is C102H122N2O4. The Morgan fingerprint density at radius 2 is 0.583 bits per heavy atom. The zero-order valence-corrected chi connectivity index (χ0v) is 69.6. The Labute approximate surface area is 647 Å². The van der Waals surface area contributed by atoms with Gasteiger partial charge in [-0.1, -0.05) is 324 Å². The van der Waals surface area contributed by atoms with Gasteiger partial charge in [0.25, 0.3) is 0 Å². The van der Waals surface area contributed by atoms with E-state index < -0.39 is 0 Å². The highest BCUT2D eigenvalue weighted by atomic mass is 16.5. The van der Waals surface area contributed by atoms with Crippen LogP contribution in [-0.4, -0.2) is 23.2 Å². The first-order valence-corrected chi connectivity index (χ1v) is 38.7. The highest BCUT2D eigenvalue weighted by molar-refractivity contribution is 5.85. The summed E-state index contributed by atoms with van der Waals surface area (Å²) in [5.74, 6) is 2.17. The van der Waals surface area contributed by atoms with Crippen LogP contribution in [0.1, 0.15) is 222 Å². The molecule has 0 atom stereocenters. The van der Waals surface area contributed by atoms with E-state index in [9.17, 15) is 0 Å². The van der Waals surface area contributed by atoms with Crippen molar-refractivity contribution in [1.29, 1.82) is 0 Å². The molecule has 0 spiro atoms. The Kier molecular flexibility index (Phi) is 26.1. The number of hydrogen-bond donors (Lipinski definition) is 0. The van der Waals surface area contributed by atoms with Crippen LogP contribution in [0.3, 0.4) is 0 Å². The Hall–Kier alpha value is -9.78. The predicted octanol–water partition coefficient (Wildman–Crippen LogP) is 28.6. The van der Waals surface area contributed by atoms with Gasteiger partial charge in [0.15, 0.2) is 0 Å². The van der Waals surface area contributed by atoms with Gasteiger partial charge in [-0.05, 0) is 193 Å². The van der Waals surface area contributed by atoms with Crippen LogP contribution in [0.25, 0.3) is 65.3 Å². The molecule has 6 nitrogen and oxygen atoms in total. The van der Waals surface area contributed by atoms with E-state index in [-0.39, 0.29) is 43.3 Å². The van der Waals surface area contributed by atoms with Crippen molar-refractivity contribution in [2.75, 3.05) is 13.2 Å². The number of aromatic nitrogens is 2. The van der Waals surface area contributed by atoms with E-state index in [2.05, 4.69) is 376 Å². The third kappa shape index (κ3) is 23.1. The molecule has 16 rings (SSSR count). The number of furan rings is 2. The number of hydrogen-bond acceptors (Lipinski definition) is 6. The van der Waals surface area contributed by atoms with Crippen LogP contribution in [0.15, 0.2) is 264 Å². The Balaban J connectivity index is 0.000000142. The van der Waals surface area contributed by atoms with Crippen LogP contribution in [-0.2, 0) is 56.2 Å². The summed E-state index contributed by atoms with van der Waals surface area (Å²) in [5, 5.41) is 10.1. The summed E-state index contributed by atoms with van der Waals surface area (Å²) in [7, 11) is 0. The maximum atomic E-state index is 5.53. The predicted molar refractivity (Wildman–Crippen MR) is 465 cm³/mol. The van der Waals surface area contributed by atoms with Crippen LogP contribution in [0.4, 0.5) is 0 Å². The first-order chi connectivity index (χ1) is 50.6. The van der Waals surface area contributed by atoms with E-state index in [0.29, 0.717) is 0 Å². The van der Waals surface area contributed by atoms with Crippen LogP contribution in [0.2, 0.25) is 0 Å². The van der Waals surface area contributed by atoms with Crippen molar-refractivity contribution in [1.82, 2.24) is 9.97 Å². The van der Waals surface area contributed by atoms with Crippen LogP contribution in [0.5, 0.6) is 11.5 Å². The Morgan fingerprint density at radius 1 is 0.231 bits per heavy atom. The molecule has 4 aromatic heterocycles. The summed E-state index contributed by atoms with van der Waals surface area (Å²) in [6, 6.07) is 81.5. The fourth-order valence-electron chi connectivity index (χ4n) is 12.5. The van der Waals surface area contributed by atoms with Crippen LogP contribution >= 0.6 is 0 Å². The summed E-state index contributed by atoms with van der Waals surface area (Å²) in [5.41, 5.74) is 19.5. The monoisotopic (exact) mass is 1440 g/mol. The van der Waals surface area contributed by atoms with Gasteiger partial charge in [-0.15, -0.1) is 0 Å². The van der Waals surface area contributed by atoms with Gasteiger partial charge in [0, 0.05) is 46.8 Å². The maximum absolute atomic E-state index is 5.53. The molecule has 108 heavy (non-hydrogen) atoms. The van der Waals surface area contributed by atoms with Gasteiger partial charge in [0.2, 0.25) is 0 Å². The second-order valence-electron chi connectivity index (χ2n) is 37.1. The number of rotatable bonds is 0. The average molecular weight is 1440 g/mol. The van der Waals surface area contributed by atoms with Gasteiger partial charge in [-0.25, -0.2) is 0 Å². The van der Waals surface area contributed by atoms with Crippen LogP contribution in [0, 0.1) is 0 Å². The molecule has 2 aliphatic heterocycles. The molecule has 0 N–H and O–H groups in total. The van der Waals surface area contributed by atoms with E-state index >= 15 is 0 Å². The molecule has 14 aromatic rings. The average Bonchev–Trinajstić information content (AvgIpc) is 1.27. The minimum absolute atomic E-state index is 0.195. The third-order valence-corrected chi connectivity index (χ3v) is 19.9. The number of fused-ring (bicyclic) bond motifs is 8. The molecule has 0 saturated carbocycles. The minimum Gasteiger partial charge on any atom is -0.493 e. The molecule has 10 aromatic carbocycles. The molecule has 2 aliphatic rings. The number of pyridine rings is 2. The SMILES string of the molecule is CC(C)(C)c1ccc2c(c1)CCO2.CC(C)(C)c1ccc2c(c1)OCC2.CC(C)(C)c1ccc2ccccc2c1.CC(C)(C)c1ccc2ccccc2c1.CC(C)(C)c1ccc2cccnc2c1.CC(C)(C)c1ccc2ccoc2c1.CC(C)(C)c1ccc2ncccc2c1.CC(C)(C)c1ccc2occc2c1. The molecule has 0 bridgehead atoms. The molecule has 0 aliphatic carbocycles. The van der Waals surface area contributed by atoms with Crippen molar-refractivity contribution in [3.63, 3.8) is 0 Å². The van der Waals surface area contributed by atoms with Crippen LogP contribution < -0.4 is 9.47 Å². The van der Waals surface area contributed by atoms with Gasteiger partial charge in [0.1, 0.15) is 22.7 Å². The second-order valence-corrected chi connectivity index (χ2v) is 37.1. The van der Waals surface area contributed by atoms with Crippen molar-refractivity contribution in [2.24, 2.45) is 0 Å². The molecule has 0 unspecified atom stereocenters. The lowest BCUT2D eigenvalue weighted by molar-refractivity contribution is 0.356. The van der Waals surface area contributed by atoms with E-state index in [1.165, 1.54) is 98.7 Å². The summed E-state index contributed by atoms with van der Waals surface area (Å²) in [6.07, 6.45) is 9.28. The largest absolute Gasteiger partial charge is 0.493 e. The fourth-order valence-corrected chi connectivity index (χ4v) is 12.5. The highest BCUT2D eigenvalue weighted by Gasteiger charge is 2.22. The van der Waals surface area contributed by atoms with Gasteiger partial charge >= 0.3 is 0 Å². The third-order valence-electron chi connectivity index (χ3n) is 19.9. The normalized spacial score (nSPS) is 12.8. The zero-order valence-electron chi connectivity index (χ0n) is 69.6. The molecule has 6 heteroatoms.